The number of Topliss-reactive ketones (excluding diaryl/α,β-unsaturated/α-hetero) is 1. The second kappa shape index (κ2) is 4.82. The first-order valence-electron chi connectivity index (χ1n) is 5.40. The molecule has 0 aliphatic heterocycles. The Morgan fingerprint density at radius 1 is 1.35 bits per heavy atom. The SMILES string of the molecule is COc1ccc(C(=O)C(C)n2cccn2)cc1. The number of benzene rings is 1. The van der Waals surface area contributed by atoms with Gasteiger partial charge < -0.3 is 4.74 Å². The number of methoxy groups -OCH3 is 1. The van der Waals surface area contributed by atoms with Crippen molar-refractivity contribution in [2.45, 2.75) is 13.0 Å². The molecule has 1 unspecified atom stereocenters. The number of carbonyl (C=O) groups is 1. The minimum absolute atomic E-state index is 0.0383. The van der Waals surface area contributed by atoms with Crippen molar-refractivity contribution in [1.29, 1.82) is 0 Å². The highest BCUT2D eigenvalue weighted by molar-refractivity contribution is 5.98. The highest BCUT2D eigenvalue weighted by Crippen LogP contribution is 2.16. The first-order chi connectivity index (χ1) is 8.22. The molecule has 17 heavy (non-hydrogen) atoms. The van der Waals surface area contributed by atoms with Crippen LogP contribution >= 0.6 is 0 Å². The quantitative estimate of drug-likeness (QED) is 0.757. The molecule has 1 aromatic carbocycles. The molecule has 0 amide bonds. The van der Waals surface area contributed by atoms with Crippen molar-refractivity contribution in [1.82, 2.24) is 9.78 Å². The maximum atomic E-state index is 12.1. The van der Waals surface area contributed by atoms with Crippen LogP contribution in [0.1, 0.15) is 23.3 Å². The van der Waals surface area contributed by atoms with Gasteiger partial charge in [-0.25, -0.2) is 0 Å². The zero-order valence-corrected chi connectivity index (χ0v) is 9.83. The van der Waals surface area contributed by atoms with Gasteiger partial charge in [-0.1, -0.05) is 0 Å². The van der Waals surface area contributed by atoms with Gasteiger partial charge in [-0.05, 0) is 37.3 Å². The Balaban J connectivity index is 2.19. The van der Waals surface area contributed by atoms with E-state index < -0.39 is 0 Å². The van der Waals surface area contributed by atoms with Gasteiger partial charge in [0.15, 0.2) is 5.78 Å². The fourth-order valence-corrected chi connectivity index (χ4v) is 1.63. The molecule has 0 saturated heterocycles. The van der Waals surface area contributed by atoms with Crippen molar-refractivity contribution in [3.8, 4) is 5.75 Å². The minimum atomic E-state index is -0.293. The van der Waals surface area contributed by atoms with Gasteiger partial charge in [0.2, 0.25) is 0 Å². The third-order valence-corrected chi connectivity index (χ3v) is 2.68. The van der Waals surface area contributed by atoms with Gasteiger partial charge in [0.1, 0.15) is 11.8 Å². The number of ether oxygens (including phenoxy) is 1. The molecule has 4 nitrogen and oxygen atoms in total. The van der Waals surface area contributed by atoms with Crippen LogP contribution in [0.15, 0.2) is 42.7 Å². The molecule has 0 spiro atoms. The van der Waals surface area contributed by atoms with Gasteiger partial charge in [-0.2, -0.15) is 5.10 Å². The summed E-state index contributed by atoms with van der Waals surface area (Å²) in [6.45, 7) is 1.83. The zero-order valence-electron chi connectivity index (χ0n) is 9.83. The van der Waals surface area contributed by atoms with Crippen molar-refractivity contribution >= 4 is 5.78 Å². The Morgan fingerprint density at radius 3 is 2.59 bits per heavy atom. The summed E-state index contributed by atoms with van der Waals surface area (Å²) >= 11 is 0. The summed E-state index contributed by atoms with van der Waals surface area (Å²) in [5.74, 6) is 0.782. The molecular weight excluding hydrogens is 216 g/mol. The van der Waals surface area contributed by atoms with Crippen molar-refractivity contribution in [3.63, 3.8) is 0 Å². The number of aromatic nitrogens is 2. The van der Waals surface area contributed by atoms with E-state index in [1.165, 1.54) is 0 Å². The molecule has 0 N–H and O–H groups in total. The highest BCUT2D eigenvalue weighted by atomic mass is 16.5. The maximum absolute atomic E-state index is 12.1. The first-order valence-corrected chi connectivity index (χ1v) is 5.40. The van der Waals surface area contributed by atoms with Crippen LogP contribution in [0, 0.1) is 0 Å². The molecule has 0 bridgehead atoms. The summed E-state index contributed by atoms with van der Waals surface area (Å²) < 4.78 is 6.70. The molecule has 0 radical (unpaired) electrons. The average Bonchev–Trinajstić information content (AvgIpc) is 2.91. The van der Waals surface area contributed by atoms with Crippen LogP contribution in [0.3, 0.4) is 0 Å². The first kappa shape index (κ1) is 11.4. The van der Waals surface area contributed by atoms with E-state index in [9.17, 15) is 4.79 Å². The van der Waals surface area contributed by atoms with E-state index >= 15 is 0 Å². The summed E-state index contributed by atoms with van der Waals surface area (Å²) in [4.78, 5) is 12.1. The molecule has 0 fully saturated rings. The molecule has 0 aliphatic carbocycles. The van der Waals surface area contributed by atoms with Crippen LogP contribution in [0.5, 0.6) is 5.75 Å². The second-order valence-corrected chi connectivity index (χ2v) is 3.75. The van der Waals surface area contributed by atoms with E-state index in [0.29, 0.717) is 5.56 Å². The lowest BCUT2D eigenvalue weighted by molar-refractivity contribution is 0.0928. The van der Waals surface area contributed by atoms with Gasteiger partial charge in [-0.15, -0.1) is 0 Å². The molecule has 1 aromatic heterocycles. The fraction of sp³-hybridized carbons (Fsp3) is 0.231. The third kappa shape index (κ3) is 2.36. The van der Waals surface area contributed by atoms with E-state index in [4.69, 9.17) is 4.74 Å². The lowest BCUT2D eigenvalue weighted by Gasteiger charge is -2.11. The predicted molar refractivity (Wildman–Crippen MR) is 64.3 cm³/mol. The van der Waals surface area contributed by atoms with Crippen molar-refractivity contribution < 1.29 is 9.53 Å². The maximum Gasteiger partial charge on any atom is 0.187 e. The molecule has 88 valence electrons. The Bertz CT molecular complexity index is 489. The second-order valence-electron chi connectivity index (χ2n) is 3.75. The molecule has 0 aliphatic rings. The predicted octanol–water partition coefficient (Wildman–Crippen LogP) is 2.34. The summed E-state index contributed by atoms with van der Waals surface area (Å²) in [7, 11) is 1.60. The summed E-state index contributed by atoms with van der Waals surface area (Å²) in [6, 6.07) is 8.60. The Kier molecular flexibility index (Phi) is 3.23. The van der Waals surface area contributed by atoms with E-state index in [-0.39, 0.29) is 11.8 Å². The number of carbonyl (C=O) groups excluding carboxylic acids is 1. The zero-order chi connectivity index (χ0) is 12.3. The number of hydrogen-bond acceptors (Lipinski definition) is 3. The largest absolute Gasteiger partial charge is 0.497 e. The Labute approximate surface area is 99.8 Å². The van der Waals surface area contributed by atoms with Crippen LogP contribution in [0.2, 0.25) is 0 Å². The van der Waals surface area contributed by atoms with Crippen molar-refractivity contribution in [2.24, 2.45) is 0 Å². The number of hydrogen-bond donors (Lipinski definition) is 0. The van der Waals surface area contributed by atoms with E-state index in [1.54, 1.807) is 54.5 Å². The number of rotatable bonds is 4. The normalized spacial score (nSPS) is 12.1. The molecule has 1 heterocycles. The van der Waals surface area contributed by atoms with Gasteiger partial charge in [-0.3, -0.25) is 9.48 Å². The number of nitrogens with zero attached hydrogens (tertiary/aromatic N) is 2. The van der Waals surface area contributed by atoms with Crippen LogP contribution in [0.4, 0.5) is 0 Å². The van der Waals surface area contributed by atoms with E-state index in [0.717, 1.165) is 5.75 Å². The smallest absolute Gasteiger partial charge is 0.187 e. The van der Waals surface area contributed by atoms with Gasteiger partial charge >= 0.3 is 0 Å². The lowest BCUT2D eigenvalue weighted by atomic mass is 10.1. The summed E-state index contributed by atoms with van der Waals surface area (Å²) in [6.07, 6.45) is 3.45. The molecule has 1 atom stereocenters. The fourth-order valence-electron chi connectivity index (χ4n) is 1.63. The molecule has 2 rings (SSSR count). The van der Waals surface area contributed by atoms with Crippen molar-refractivity contribution in [2.75, 3.05) is 7.11 Å². The van der Waals surface area contributed by atoms with E-state index in [1.807, 2.05) is 6.92 Å². The molecular formula is C13H14N2O2. The lowest BCUT2D eigenvalue weighted by Crippen LogP contribution is -2.16. The van der Waals surface area contributed by atoms with Gasteiger partial charge in [0.25, 0.3) is 0 Å². The Morgan fingerprint density at radius 2 is 2.06 bits per heavy atom. The van der Waals surface area contributed by atoms with E-state index in [2.05, 4.69) is 5.10 Å². The Hall–Kier alpha value is -2.10. The van der Waals surface area contributed by atoms with Crippen LogP contribution in [-0.4, -0.2) is 22.7 Å². The molecule has 4 heteroatoms. The monoisotopic (exact) mass is 230 g/mol. The summed E-state index contributed by atoms with van der Waals surface area (Å²) in [5.41, 5.74) is 0.661. The van der Waals surface area contributed by atoms with Crippen LogP contribution in [-0.2, 0) is 0 Å². The average molecular weight is 230 g/mol. The van der Waals surface area contributed by atoms with Crippen molar-refractivity contribution in [3.05, 3.63) is 48.3 Å². The topological polar surface area (TPSA) is 44.1 Å². The highest BCUT2D eigenvalue weighted by Gasteiger charge is 2.16. The third-order valence-electron chi connectivity index (χ3n) is 2.68. The summed E-state index contributed by atoms with van der Waals surface area (Å²) in [5, 5.41) is 4.07. The number of ketones is 1. The van der Waals surface area contributed by atoms with Crippen LogP contribution < -0.4 is 4.74 Å². The minimum Gasteiger partial charge on any atom is -0.497 e. The molecule has 2 aromatic rings. The van der Waals surface area contributed by atoms with Crippen LogP contribution in [0.25, 0.3) is 0 Å². The standard InChI is InChI=1S/C13H14N2O2/c1-10(15-9-3-8-14-15)13(16)11-4-6-12(17-2)7-5-11/h3-10H,1-2H3. The van der Waals surface area contributed by atoms with Gasteiger partial charge in [0, 0.05) is 18.0 Å². The van der Waals surface area contributed by atoms with Gasteiger partial charge in [0.05, 0.1) is 7.11 Å². The molecule has 0 saturated carbocycles.